The van der Waals surface area contributed by atoms with E-state index in [0.29, 0.717) is 16.3 Å². The lowest BCUT2D eigenvalue weighted by Crippen LogP contribution is -2.17. The van der Waals surface area contributed by atoms with E-state index in [0.717, 1.165) is 11.1 Å². The lowest BCUT2D eigenvalue weighted by molar-refractivity contribution is -0.139. The molecule has 3 N–H and O–H groups in total. The van der Waals surface area contributed by atoms with E-state index in [1.54, 1.807) is 31.2 Å². The molecular weight excluding hydrogens is 416 g/mol. The van der Waals surface area contributed by atoms with Crippen molar-refractivity contribution in [3.05, 3.63) is 66.0 Å². The summed E-state index contributed by atoms with van der Waals surface area (Å²) in [5, 5.41) is 2.70. The van der Waals surface area contributed by atoms with E-state index >= 15 is 0 Å². The van der Waals surface area contributed by atoms with Crippen LogP contribution in [0.25, 0.3) is 11.3 Å². The van der Waals surface area contributed by atoms with E-state index in [4.69, 9.17) is 10.5 Å². The molecule has 1 atom stereocenters. The number of anilines is 2. The van der Waals surface area contributed by atoms with Gasteiger partial charge < -0.3 is 15.8 Å². The molecule has 0 saturated carbocycles. The number of aryl methyl sites for hydroxylation is 1. The minimum absolute atomic E-state index is 0.00744. The highest BCUT2D eigenvalue weighted by Crippen LogP contribution is 2.20. The quantitative estimate of drug-likeness (QED) is 0.543. The molecule has 160 valence electrons. The minimum Gasteiger partial charge on any atom is -0.465 e. The maximum absolute atomic E-state index is 12.7. The van der Waals surface area contributed by atoms with Crippen molar-refractivity contribution in [2.24, 2.45) is 0 Å². The molecule has 0 aliphatic heterocycles. The van der Waals surface area contributed by atoms with Crippen LogP contribution in [-0.2, 0) is 20.3 Å². The Balaban J connectivity index is 1.72. The van der Waals surface area contributed by atoms with Crippen molar-refractivity contribution >= 4 is 34.2 Å². The highest BCUT2D eigenvalue weighted by Gasteiger charge is 2.16. The zero-order valence-electron chi connectivity index (χ0n) is 17.1. The number of rotatable bonds is 7. The van der Waals surface area contributed by atoms with Crippen LogP contribution in [-0.4, -0.2) is 38.4 Å². The number of nitrogens with one attached hydrogen (secondary N) is 1. The monoisotopic (exact) mass is 438 g/mol. The van der Waals surface area contributed by atoms with E-state index in [-0.39, 0.29) is 23.9 Å². The number of aromatic nitrogens is 2. The number of nitrogens with two attached hydrogens (primary N) is 1. The third-order valence-corrected chi connectivity index (χ3v) is 5.59. The Morgan fingerprint density at radius 1 is 1.10 bits per heavy atom. The van der Waals surface area contributed by atoms with Crippen molar-refractivity contribution in [3.63, 3.8) is 0 Å². The van der Waals surface area contributed by atoms with Crippen molar-refractivity contribution in [3.8, 4) is 11.3 Å². The van der Waals surface area contributed by atoms with Gasteiger partial charge in [-0.05, 0) is 38.1 Å². The number of hydrogen-bond donors (Lipinski definition) is 2. The van der Waals surface area contributed by atoms with Gasteiger partial charge in [-0.15, -0.1) is 0 Å². The molecule has 1 heterocycles. The summed E-state index contributed by atoms with van der Waals surface area (Å²) in [6.45, 7) is 3.90. The highest BCUT2D eigenvalue weighted by atomic mass is 32.2. The zero-order chi connectivity index (χ0) is 22.4. The van der Waals surface area contributed by atoms with Gasteiger partial charge in [0.25, 0.3) is 5.91 Å². The van der Waals surface area contributed by atoms with Crippen LogP contribution in [0.1, 0.15) is 23.0 Å². The van der Waals surface area contributed by atoms with Gasteiger partial charge in [-0.3, -0.25) is 13.8 Å². The Bertz CT molecular complexity index is 1120. The highest BCUT2D eigenvalue weighted by molar-refractivity contribution is 7.85. The third kappa shape index (κ3) is 5.73. The molecule has 9 heteroatoms. The molecule has 2 aromatic carbocycles. The smallest absolute Gasteiger partial charge is 0.318 e. The first kappa shape index (κ1) is 22.1. The molecule has 3 rings (SSSR count). The van der Waals surface area contributed by atoms with E-state index in [1.165, 1.54) is 6.20 Å². The summed E-state index contributed by atoms with van der Waals surface area (Å²) < 4.78 is 17.0. The predicted molar refractivity (Wildman–Crippen MR) is 119 cm³/mol. The van der Waals surface area contributed by atoms with Crippen LogP contribution in [0.5, 0.6) is 0 Å². The van der Waals surface area contributed by atoms with E-state index < -0.39 is 22.7 Å². The van der Waals surface area contributed by atoms with Crippen LogP contribution < -0.4 is 11.1 Å². The van der Waals surface area contributed by atoms with Crippen molar-refractivity contribution in [2.45, 2.75) is 18.7 Å². The standard InChI is InChI=1S/C22H22N4O4S/c1-3-30-19(27)13-31(29)17-10-8-16(9-11-17)25-22(28)20-21(23)24-12-18(26-20)15-6-4-14(2)5-7-15/h4-12H,3,13H2,1-2H3,(H2,23,24)(H,25,28). The van der Waals surface area contributed by atoms with Crippen molar-refractivity contribution in [2.75, 3.05) is 23.4 Å². The summed E-state index contributed by atoms with van der Waals surface area (Å²) in [5.74, 6) is -1.25. The summed E-state index contributed by atoms with van der Waals surface area (Å²) >= 11 is 0. The van der Waals surface area contributed by atoms with Crippen LogP contribution >= 0.6 is 0 Å². The molecule has 0 aliphatic rings. The Morgan fingerprint density at radius 3 is 2.42 bits per heavy atom. The largest absolute Gasteiger partial charge is 0.465 e. The van der Waals surface area contributed by atoms with Crippen LogP contribution in [0.4, 0.5) is 11.5 Å². The second-order valence-electron chi connectivity index (χ2n) is 6.63. The molecule has 0 bridgehead atoms. The Hall–Kier alpha value is -3.59. The number of esters is 1. The molecule has 1 amide bonds. The Morgan fingerprint density at radius 2 is 1.77 bits per heavy atom. The number of benzene rings is 2. The zero-order valence-corrected chi connectivity index (χ0v) is 17.9. The minimum atomic E-state index is -1.53. The molecule has 1 unspecified atom stereocenters. The molecule has 1 aromatic heterocycles. The van der Waals surface area contributed by atoms with Gasteiger partial charge in [-0.25, -0.2) is 9.97 Å². The molecule has 0 saturated heterocycles. The molecule has 0 aliphatic carbocycles. The molecule has 0 spiro atoms. The number of ether oxygens (including phenoxy) is 1. The maximum Gasteiger partial charge on any atom is 0.318 e. The summed E-state index contributed by atoms with van der Waals surface area (Å²) in [6.07, 6.45) is 1.52. The third-order valence-electron chi connectivity index (χ3n) is 4.29. The SMILES string of the molecule is CCOC(=O)CS(=O)c1ccc(NC(=O)c2nc(-c3ccc(C)cc3)cnc2N)cc1. The van der Waals surface area contributed by atoms with E-state index in [1.807, 2.05) is 31.2 Å². The van der Waals surface area contributed by atoms with Gasteiger partial charge in [0.1, 0.15) is 5.75 Å². The topological polar surface area (TPSA) is 124 Å². The van der Waals surface area contributed by atoms with Crippen LogP contribution in [0.2, 0.25) is 0 Å². The average molecular weight is 439 g/mol. The summed E-state index contributed by atoms with van der Waals surface area (Å²) in [6, 6.07) is 14.0. The second kappa shape index (κ2) is 9.94. The predicted octanol–water partition coefficient (Wildman–Crippen LogP) is 2.96. The van der Waals surface area contributed by atoms with Gasteiger partial charge >= 0.3 is 5.97 Å². The molecule has 3 aromatic rings. The lowest BCUT2D eigenvalue weighted by Gasteiger charge is -2.09. The summed E-state index contributed by atoms with van der Waals surface area (Å²) in [4.78, 5) is 33.1. The van der Waals surface area contributed by atoms with Crippen LogP contribution in [0, 0.1) is 6.92 Å². The fourth-order valence-corrected chi connectivity index (χ4v) is 3.61. The molecular formula is C22H22N4O4S. The van der Waals surface area contributed by atoms with Crippen molar-refractivity contribution in [1.29, 1.82) is 0 Å². The first-order chi connectivity index (χ1) is 14.9. The van der Waals surface area contributed by atoms with E-state index in [2.05, 4.69) is 15.3 Å². The summed E-state index contributed by atoms with van der Waals surface area (Å²) in [5.41, 5.74) is 8.79. The molecule has 8 nitrogen and oxygen atoms in total. The number of carbonyl (C=O) groups is 2. The number of nitrogens with zero attached hydrogens (tertiary/aromatic N) is 2. The first-order valence-electron chi connectivity index (χ1n) is 9.52. The summed E-state index contributed by atoms with van der Waals surface area (Å²) in [7, 11) is -1.53. The van der Waals surface area contributed by atoms with Gasteiger partial charge in [0, 0.05) is 16.1 Å². The second-order valence-corrected chi connectivity index (χ2v) is 8.08. The van der Waals surface area contributed by atoms with Crippen molar-refractivity contribution < 1.29 is 18.5 Å². The average Bonchev–Trinajstić information content (AvgIpc) is 2.75. The first-order valence-corrected chi connectivity index (χ1v) is 10.8. The van der Waals surface area contributed by atoms with Gasteiger partial charge in [-0.1, -0.05) is 29.8 Å². The maximum atomic E-state index is 12.7. The lowest BCUT2D eigenvalue weighted by atomic mass is 10.1. The molecule has 0 fully saturated rings. The van der Waals surface area contributed by atoms with Crippen molar-refractivity contribution in [1.82, 2.24) is 9.97 Å². The fraction of sp³-hybridized carbons (Fsp3) is 0.182. The Kier molecular flexibility index (Phi) is 7.09. The number of nitrogen functional groups attached to an aromatic ring is 1. The van der Waals surface area contributed by atoms with Crippen LogP contribution in [0.3, 0.4) is 0 Å². The van der Waals surface area contributed by atoms with Gasteiger partial charge in [0.15, 0.2) is 11.5 Å². The number of carbonyl (C=O) groups excluding carboxylic acids is 2. The number of amides is 1. The molecule has 0 radical (unpaired) electrons. The van der Waals surface area contributed by atoms with Gasteiger partial charge in [-0.2, -0.15) is 0 Å². The van der Waals surface area contributed by atoms with Crippen LogP contribution in [0.15, 0.2) is 59.6 Å². The Labute approximate surface area is 182 Å². The van der Waals surface area contributed by atoms with E-state index in [9.17, 15) is 13.8 Å². The number of hydrogen-bond acceptors (Lipinski definition) is 7. The molecule has 31 heavy (non-hydrogen) atoms. The fourth-order valence-electron chi connectivity index (χ4n) is 2.70. The normalized spacial score (nSPS) is 11.5. The van der Waals surface area contributed by atoms with Gasteiger partial charge in [0.2, 0.25) is 0 Å². The van der Waals surface area contributed by atoms with Gasteiger partial charge in [0.05, 0.1) is 29.3 Å².